The molecule has 1 aliphatic rings. The average molecular weight is 453 g/mol. The Balaban J connectivity index is 1.72. The van der Waals surface area contributed by atoms with Crippen molar-refractivity contribution in [1.82, 2.24) is 5.32 Å². The van der Waals surface area contributed by atoms with Gasteiger partial charge in [-0.1, -0.05) is 87.4 Å². The number of carbonyl (C=O) groups is 2. The van der Waals surface area contributed by atoms with Crippen molar-refractivity contribution in [3.05, 3.63) is 71.8 Å². The summed E-state index contributed by atoms with van der Waals surface area (Å²) in [5.74, 6) is -0.619. The summed E-state index contributed by atoms with van der Waals surface area (Å²) in [5, 5.41) is 3.15. The number of ether oxygens (including phenoxy) is 2. The third-order valence-corrected chi connectivity index (χ3v) is 6.25. The van der Waals surface area contributed by atoms with Crippen LogP contribution in [-0.4, -0.2) is 30.1 Å². The number of primary amides is 1. The third-order valence-electron chi connectivity index (χ3n) is 6.25. The standard InChI is InChI=1S/C27H36N2O4/c1-26(2,20-32-18-21-11-5-3-6-12-21)24(33-19-22-13-7-4-8-14-22)25(31)29-27(17-23(28)30)15-9-10-16-27/h3-8,11-14,24H,9-10,15-20H2,1-2H3,(H2,28,30)(H,29,31). The monoisotopic (exact) mass is 452 g/mol. The van der Waals surface area contributed by atoms with Gasteiger partial charge in [-0.15, -0.1) is 0 Å². The summed E-state index contributed by atoms with van der Waals surface area (Å²) in [6.45, 7) is 5.07. The van der Waals surface area contributed by atoms with Gasteiger partial charge >= 0.3 is 0 Å². The number of rotatable bonds is 12. The summed E-state index contributed by atoms with van der Waals surface area (Å²) in [5.41, 5.74) is 6.39. The highest BCUT2D eigenvalue weighted by molar-refractivity contribution is 5.84. The Morgan fingerprint density at radius 3 is 2.06 bits per heavy atom. The molecule has 3 rings (SSSR count). The smallest absolute Gasteiger partial charge is 0.250 e. The van der Waals surface area contributed by atoms with E-state index in [4.69, 9.17) is 15.2 Å². The van der Waals surface area contributed by atoms with Crippen LogP contribution in [0.3, 0.4) is 0 Å². The van der Waals surface area contributed by atoms with Crippen molar-refractivity contribution in [3.63, 3.8) is 0 Å². The topological polar surface area (TPSA) is 90.7 Å². The van der Waals surface area contributed by atoms with Crippen molar-refractivity contribution < 1.29 is 19.1 Å². The normalized spacial score (nSPS) is 16.3. The van der Waals surface area contributed by atoms with Crippen LogP contribution in [0, 0.1) is 5.41 Å². The lowest BCUT2D eigenvalue weighted by Gasteiger charge is -2.37. The Morgan fingerprint density at radius 2 is 1.52 bits per heavy atom. The lowest BCUT2D eigenvalue weighted by molar-refractivity contribution is -0.149. The van der Waals surface area contributed by atoms with Crippen molar-refractivity contribution in [2.75, 3.05) is 6.61 Å². The first-order chi connectivity index (χ1) is 15.8. The van der Waals surface area contributed by atoms with Gasteiger partial charge in [-0.25, -0.2) is 0 Å². The third kappa shape index (κ3) is 7.41. The van der Waals surface area contributed by atoms with Gasteiger partial charge in [0.05, 0.1) is 19.8 Å². The maximum Gasteiger partial charge on any atom is 0.250 e. The van der Waals surface area contributed by atoms with Crippen LogP contribution >= 0.6 is 0 Å². The highest BCUT2D eigenvalue weighted by atomic mass is 16.5. The number of carbonyl (C=O) groups excluding carboxylic acids is 2. The molecule has 1 aliphatic carbocycles. The van der Waals surface area contributed by atoms with Gasteiger partial charge in [0, 0.05) is 17.4 Å². The first-order valence-electron chi connectivity index (χ1n) is 11.7. The van der Waals surface area contributed by atoms with Crippen molar-refractivity contribution >= 4 is 11.8 Å². The molecule has 2 aromatic carbocycles. The van der Waals surface area contributed by atoms with Crippen LogP contribution in [0.5, 0.6) is 0 Å². The lowest BCUT2D eigenvalue weighted by Crippen LogP contribution is -2.56. The van der Waals surface area contributed by atoms with E-state index in [1.54, 1.807) is 0 Å². The minimum Gasteiger partial charge on any atom is -0.376 e. The zero-order valence-electron chi connectivity index (χ0n) is 19.7. The van der Waals surface area contributed by atoms with E-state index in [-0.39, 0.29) is 12.3 Å². The van der Waals surface area contributed by atoms with E-state index >= 15 is 0 Å². The lowest BCUT2D eigenvalue weighted by atomic mass is 9.85. The Labute approximate surface area is 196 Å². The van der Waals surface area contributed by atoms with E-state index in [9.17, 15) is 9.59 Å². The second-order valence-corrected chi connectivity index (χ2v) is 9.76. The number of amides is 2. The Hall–Kier alpha value is -2.70. The molecule has 3 N–H and O–H groups in total. The quantitative estimate of drug-likeness (QED) is 0.507. The van der Waals surface area contributed by atoms with Gasteiger partial charge in [0.1, 0.15) is 6.10 Å². The fourth-order valence-corrected chi connectivity index (χ4v) is 4.55. The Kier molecular flexibility index (Phi) is 8.64. The van der Waals surface area contributed by atoms with E-state index in [2.05, 4.69) is 5.32 Å². The van der Waals surface area contributed by atoms with Gasteiger partial charge in [-0.05, 0) is 24.0 Å². The van der Waals surface area contributed by atoms with E-state index < -0.39 is 23.0 Å². The second-order valence-electron chi connectivity index (χ2n) is 9.76. The van der Waals surface area contributed by atoms with E-state index in [0.29, 0.717) is 19.8 Å². The van der Waals surface area contributed by atoms with Crippen LogP contribution in [0.25, 0.3) is 0 Å². The molecule has 6 heteroatoms. The first kappa shape index (κ1) is 24.9. The van der Waals surface area contributed by atoms with Crippen LogP contribution in [0.1, 0.15) is 57.1 Å². The van der Waals surface area contributed by atoms with Crippen LogP contribution < -0.4 is 11.1 Å². The fraction of sp³-hybridized carbons (Fsp3) is 0.481. The molecule has 0 aromatic heterocycles. The molecule has 6 nitrogen and oxygen atoms in total. The molecule has 0 heterocycles. The van der Waals surface area contributed by atoms with Crippen molar-refractivity contribution in [2.24, 2.45) is 11.1 Å². The summed E-state index contributed by atoms with van der Waals surface area (Å²) < 4.78 is 12.2. The zero-order valence-corrected chi connectivity index (χ0v) is 19.7. The molecule has 1 unspecified atom stereocenters. The van der Waals surface area contributed by atoms with Gasteiger partial charge in [0.25, 0.3) is 0 Å². The number of benzene rings is 2. The maximum absolute atomic E-state index is 13.5. The van der Waals surface area contributed by atoms with Crippen LogP contribution in [0.4, 0.5) is 0 Å². The predicted molar refractivity (Wildman–Crippen MR) is 128 cm³/mol. The van der Waals surface area contributed by atoms with E-state index in [1.165, 1.54) is 0 Å². The minimum atomic E-state index is -0.751. The highest BCUT2D eigenvalue weighted by Gasteiger charge is 2.42. The van der Waals surface area contributed by atoms with Crippen LogP contribution in [0.15, 0.2) is 60.7 Å². The van der Waals surface area contributed by atoms with Crippen LogP contribution in [-0.2, 0) is 32.3 Å². The predicted octanol–water partition coefficient (Wildman–Crippen LogP) is 4.12. The molecule has 1 atom stereocenters. The fourth-order valence-electron chi connectivity index (χ4n) is 4.55. The van der Waals surface area contributed by atoms with Crippen molar-refractivity contribution in [2.45, 2.75) is 70.8 Å². The van der Waals surface area contributed by atoms with Gasteiger partial charge in [0.2, 0.25) is 11.8 Å². The molecule has 0 saturated heterocycles. The number of hydrogen-bond donors (Lipinski definition) is 2. The molecular formula is C27H36N2O4. The van der Waals surface area contributed by atoms with E-state index in [0.717, 1.165) is 36.8 Å². The summed E-state index contributed by atoms with van der Waals surface area (Å²) >= 11 is 0. The van der Waals surface area contributed by atoms with E-state index in [1.807, 2.05) is 74.5 Å². The molecule has 1 fully saturated rings. The molecule has 0 aliphatic heterocycles. The summed E-state index contributed by atoms with van der Waals surface area (Å²) in [4.78, 5) is 25.3. The molecular weight excluding hydrogens is 416 g/mol. The molecule has 178 valence electrons. The molecule has 2 aromatic rings. The Bertz CT molecular complexity index is 893. The molecule has 33 heavy (non-hydrogen) atoms. The van der Waals surface area contributed by atoms with Gasteiger partial charge in [-0.2, -0.15) is 0 Å². The zero-order chi connectivity index (χ0) is 23.7. The molecule has 0 spiro atoms. The number of nitrogens with one attached hydrogen (secondary N) is 1. The van der Waals surface area contributed by atoms with Gasteiger partial charge in [0.15, 0.2) is 0 Å². The molecule has 1 saturated carbocycles. The SMILES string of the molecule is CC(C)(COCc1ccccc1)C(OCc1ccccc1)C(=O)NC1(CC(N)=O)CCCC1. The van der Waals surface area contributed by atoms with Gasteiger partial charge < -0.3 is 20.5 Å². The first-order valence-corrected chi connectivity index (χ1v) is 11.7. The molecule has 0 radical (unpaired) electrons. The molecule has 0 bridgehead atoms. The van der Waals surface area contributed by atoms with Gasteiger partial charge in [-0.3, -0.25) is 9.59 Å². The number of nitrogens with two attached hydrogens (primary N) is 1. The highest BCUT2D eigenvalue weighted by Crippen LogP contribution is 2.34. The van der Waals surface area contributed by atoms with Crippen LogP contribution in [0.2, 0.25) is 0 Å². The average Bonchev–Trinajstić information content (AvgIpc) is 3.22. The largest absolute Gasteiger partial charge is 0.376 e. The molecule has 2 amide bonds. The maximum atomic E-state index is 13.5. The minimum absolute atomic E-state index is 0.148. The van der Waals surface area contributed by atoms with Crippen molar-refractivity contribution in [1.29, 1.82) is 0 Å². The summed E-state index contributed by atoms with van der Waals surface area (Å²) in [7, 11) is 0. The Morgan fingerprint density at radius 1 is 0.970 bits per heavy atom. The summed E-state index contributed by atoms with van der Waals surface area (Å²) in [6, 6.07) is 19.7. The van der Waals surface area contributed by atoms with Crippen molar-refractivity contribution in [3.8, 4) is 0 Å². The second kappa shape index (κ2) is 11.4. The number of hydrogen-bond acceptors (Lipinski definition) is 4. The summed E-state index contributed by atoms with van der Waals surface area (Å²) in [6.07, 6.45) is 2.82.